The molecule has 0 aliphatic carbocycles. The Kier molecular flexibility index (Phi) is 5.28. The molecule has 2 aromatic carbocycles. The number of ether oxygens (including phenoxy) is 1. The van der Waals surface area contributed by atoms with Crippen LogP contribution in [0.3, 0.4) is 0 Å². The highest BCUT2D eigenvalue weighted by atomic mass is 32.1. The van der Waals surface area contributed by atoms with Crippen LogP contribution in [0.15, 0.2) is 42.5 Å². The van der Waals surface area contributed by atoms with Crippen molar-refractivity contribution < 1.29 is 14.5 Å². The van der Waals surface area contributed by atoms with Crippen LogP contribution >= 0.6 is 11.3 Å². The fourth-order valence-electron chi connectivity index (χ4n) is 2.42. The Bertz CT molecular complexity index is 957. The highest BCUT2D eigenvalue weighted by molar-refractivity contribution is 7.22. The van der Waals surface area contributed by atoms with Gasteiger partial charge in [0.05, 0.1) is 16.7 Å². The molecule has 3 aromatic rings. The van der Waals surface area contributed by atoms with Crippen molar-refractivity contribution >= 4 is 44.0 Å². The normalized spacial score (nSPS) is 10.5. The lowest BCUT2D eigenvalue weighted by Crippen LogP contribution is -2.16. The smallest absolute Gasteiger partial charge is 0.292 e. The van der Waals surface area contributed by atoms with Crippen molar-refractivity contribution in [1.29, 1.82) is 0 Å². The van der Waals surface area contributed by atoms with Crippen LogP contribution in [0.2, 0.25) is 0 Å². The molecule has 2 N–H and O–H groups in total. The summed E-state index contributed by atoms with van der Waals surface area (Å²) < 4.78 is 6.17. The SMILES string of the molecule is COc1cccc2sc(NC(=O)CCNc3ccccc3[N+](=O)[O-])nc12. The molecule has 0 aliphatic heterocycles. The number of para-hydroxylation sites is 3. The average Bonchev–Trinajstić information content (AvgIpc) is 3.04. The quantitative estimate of drug-likeness (QED) is 0.484. The zero-order valence-electron chi connectivity index (χ0n) is 13.9. The highest BCUT2D eigenvalue weighted by Crippen LogP contribution is 2.32. The third-order valence-electron chi connectivity index (χ3n) is 3.62. The number of hydrogen-bond acceptors (Lipinski definition) is 7. The van der Waals surface area contributed by atoms with Gasteiger partial charge in [0.2, 0.25) is 5.91 Å². The van der Waals surface area contributed by atoms with E-state index >= 15 is 0 Å². The van der Waals surface area contributed by atoms with Gasteiger partial charge in [-0.2, -0.15) is 0 Å². The van der Waals surface area contributed by atoms with Gasteiger partial charge in [-0.05, 0) is 18.2 Å². The predicted molar refractivity (Wildman–Crippen MR) is 101 cm³/mol. The summed E-state index contributed by atoms with van der Waals surface area (Å²) in [6, 6.07) is 11.9. The molecule has 9 heteroatoms. The van der Waals surface area contributed by atoms with Crippen molar-refractivity contribution in [2.75, 3.05) is 24.3 Å². The van der Waals surface area contributed by atoms with Gasteiger partial charge in [-0.25, -0.2) is 4.98 Å². The number of nitrogens with zero attached hydrogens (tertiary/aromatic N) is 2. The molecule has 1 aromatic heterocycles. The predicted octanol–water partition coefficient (Wildman–Crippen LogP) is 3.65. The molecule has 0 bridgehead atoms. The van der Waals surface area contributed by atoms with Gasteiger partial charge >= 0.3 is 0 Å². The first kappa shape index (κ1) is 17.6. The molecular weight excluding hydrogens is 356 g/mol. The van der Waals surface area contributed by atoms with E-state index in [-0.39, 0.29) is 24.6 Å². The molecule has 3 rings (SSSR count). The third kappa shape index (κ3) is 3.89. The molecule has 0 spiro atoms. The summed E-state index contributed by atoms with van der Waals surface area (Å²) in [5.41, 5.74) is 1.06. The highest BCUT2D eigenvalue weighted by Gasteiger charge is 2.13. The Morgan fingerprint density at radius 3 is 2.85 bits per heavy atom. The number of fused-ring (bicyclic) bond motifs is 1. The molecule has 8 nitrogen and oxygen atoms in total. The van der Waals surface area contributed by atoms with Gasteiger partial charge in [0.15, 0.2) is 5.13 Å². The Morgan fingerprint density at radius 2 is 2.08 bits per heavy atom. The lowest BCUT2D eigenvalue weighted by molar-refractivity contribution is -0.384. The summed E-state index contributed by atoms with van der Waals surface area (Å²) >= 11 is 1.36. The van der Waals surface area contributed by atoms with E-state index < -0.39 is 4.92 Å². The second-order valence-electron chi connectivity index (χ2n) is 5.33. The minimum atomic E-state index is -0.461. The van der Waals surface area contributed by atoms with Gasteiger partial charge in [-0.3, -0.25) is 14.9 Å². The van der Waals surface area contributed by atoms with Crippen molar-refractivity contribution in [3.8, 4) is 5.75 Å². The number of aromatic nitrogens is 1. The second kappa shape index (κ2) is 7.79. The number of thiazole rings is 1. The maximum Gasteiger partial charge on any atom is 0.292 e. The first-order valence-electron chi connectivity index (χ1n) is 7.79. The summed E-state index contributed by atoms with van der Waals surface area (Å²) in [4.78, 5) is 27.0. The lowest BCUT2D eigenvalue weighted by atomic mass is 10.2. The number of anilines is 2. The van der Waals surface area contributed by atoms with Crippen LogP contribution in [0.5, 0.6) is 5.75 Å². The molecule has 0 saturated heterocycles. The van der Waals surface area contributed by atoms with E-state index in [0.29, 0.717) is 22.1 Å². The number of amides is 1. The van der Waals surface area contributed by atoms with E-state index in [2.05, 4.69) is 15.6 Å². The molecule has 0 aliphatic rings. The van der Waals surface area contributed by atoms with Crippen LogP contribution in [0.4, 0.5) is 16.5 Å². The van der Waals surface area contributed by atoms with Crippen molar-refractivity contribution in [2.45, 2.75) is 6.42 Å². The molecule has 0 unspecified atom stereocenters. The molecule has 0 atom stereocenters. The van der Waals surface area contributed by atoms with Crippen LogP contribution in [0.1, 0.15) is 6.42 Å². The Balaban J connectivity index is 1.59. The topological polar surface area (TPSA) is 106 Å². The molecular formula is C17H16N4O4S. The van der Waals surface area contributed by atoms with Gasteiger partial charge in [0, 0.05) is 19.0 Å². The van der Waals surface area contributed by atoms with Gasteiger partial charge in [-0.1, -0.05) is 29.5 Å². The Morgan fingerprint density at radius 1 is 1.27 bits per heavy atom. The van der Waals surface area contributed by atoms with E-state index in [1.165, 1.54) is 17.4 Å². The zero-order valence-corrected chi connectivity index (χ0v) is 14.7. The van der Waals surface area contributed by atoms with Crippen LogP contribution < -0.4 is 15.4 Å². The van der Waals surface area contributed by atoms with E-state index in [4.69, 9.17) is 4.74 Å². The van der Waals surface area contributed by atoms with Crippen LogP contribution in [0.25, 0.3) is 10.2 Å². The number of hydrogen-bond donors (Lipinski definition) is 2. The number of rotatable bonds is 7. The molecule has 0 fully saturated rings. The standard InChI is InChI=1S/C17H16N4O4S/c1-25-13-7-4-8-14-16(13)20-17(26-14)19-15(22)9-10-18-11-5-2-3-6-12(11)21(23)24/h2-8,18H,9-10H2,1H3,(H,19,20,22). The maximum atomic E-state index is 12.1. The second-order valence-corrected chi connectivity index (χ2v) is 6.36. The van der Waals surface area contributed by atoms with Gasteiger partial charge < -0.3 is 15.4 Å². The first-order valence-corrected chi connectivity index (χ1v) is 8.61. The largest absolute Gasteiger partial charge is 0.494 e. The summed E-state index contributed by atoms with van der Waals surface area (Å²) in [7, 11) is 1.57. The fourth-order valence-corrected chi connectivity index (χ4v) is 3.32. The lowest BCUT2D eigenvalue weighted by Gasteiger charge is -2.06. The number of methoxy groups -OCH3 is 1. The van der Waals surface area contributed by atoms with E-state index in [9.17, 15) is 14.9 Å². The molecule has 134 valence electrons. The molecule has 1 heterocycles. The number of nitro benzene ring substituents is 1. The number of carbonyl (C=O) groups is 1. The molecule has 0 saturated carbocycles. The summed E-state index contributed by atoms with van der Waals surface area (Å²) in [6.07, 6.45) is 0.152. The van der Waals surface area contributed by atoms with Gasteiger partial charge in [-0.15, -0.1) is 0 Å². The minimum absolute atomic E-state index is 0.0221. The zero-order chi connectivity index (χ0) is 18.5. The van der Waals surface area contributed by atoms with E-state index in [1.54, 1.807) is 25.3 Å². The number of nitro groups is 1. The molecule has 26 heavy (non-hydrogen) atoms. The van der Waals surface area contributed by atoms with Crippen LogP contribution in [-0.4, -0.2) is 29.5 Å². The van der Waals surface area contributed by atoms with E-state index in [0.717, 1.165) is 4.70 Å². The average molecular weight is 372 g/mol. The fraction of sp³-hybridized carbons (Fsp3) is 0.176. The van der Waals surface area contributed by atoms with Crippen molar-refractivity contribution in [3.63, 3.8) is 0 Å². The third-order valence-corrected chi connectivity index (χ3v) is 4.55. The molecule has 0 radical (unpaired) electrons. The van der Waals surface area contributed by atoms with Crippen molar-refractivity contribution in [3.05, 3.63) is 52.6 Å². The Labute approximate surface area is 153 Å². The number of nitrogens with one attached hydrogen (secondary N) is 2. The first-order chi connectivity index (χ1) is 12.6. The monoisotopic (exact) mass is 372 g/mol. The molecule has 1 amide bonds. The summed E-state index contributed by atoms with van der Waals surface area (Å²) in [5.74, 6) is 0.423. The number of carbonyl (C=O) groups excluding carboxylic acids is 1. The van der Waals surface area contributed by atoms with Crippen molar-refractivity contribution in [2.24, 2.45) is 0 Å². The summed E-state index contributed by atoms with van der Waals surface area (Å²) in [5, 5.41) is 17.1. The summed E-state index contributed by atoms with van der Waals surface area (Å²) in [6.45, 7) is 0.269. The maximum absolute atomic E-state index is 12.1. The van der Waals surface area contributed by atoms with Crippen molar-refractivity contribution in [1.82, 2.24) is 4.98 Å². The van der Waals surface area contributed by atoms with Gasteiger partial charge in [0.25, 0.3) is 5.69 Å². The minimum Gasteiger partial charge on any atom is -0.494 e. The number of benzene rings is 2. The van der Waals surface area contributed by atoms with Crippen LogP contribution in [-0.2, 0) is 4.79 Å². The Hall–Kier alpha value is -3.20. The van der Waals surface area contributed by atoms with E-state index in [1.807, 2.05) is 18.2 Å². The van der Waals surface area contributed by atoms with Gasteiger partial charge in [0.1, 0.15) is 17.0 Å². The van der Waals surface area contributed by atoms with Crippen LogP contribution in [0, 0.1) is 10.1 Å².